The Bertz CT molecular complexity index is 396. The first-order chi connectivity index (χ1) is 7.06. The van der Waals surface area contributed by atoms with Gasteiger partial charge in [0, 0.05) is 6.92 Å². The molecule has 4 nitrogen and oxygen atoms in total. The molecular formula is C11H12O4. The van der Waals surface area contributed by atoms with Crippen molar-refractivity contribution < 1.29 is 19.4 Å². The third kappa shape index (κ3) is 2.56. The standard InChI is InChI=1S/C11H12O4/c1-3-8-5-4-6-9(11(13)14)10(8)15-7(2)12/h4-6H,3H2,1-2H3,(H,13,14). The molecule has 0 aromatic heterocycles. The van der Waals surface area contributed by atoms with E-state index < -0.39 is 11.9 Å². The van der Waals surface area contributed by atoms with Crippen LogP contribution in [0.25, 0.3) is 0 Å². The number of para-hydroxylation sites is 1. The molecule has 0 saturated carbocycles. The topological polar surface area (TPSA) is 63.6 Å². The lowest BCUT2D eigenvalue weighted by Crippen LogP contribution is -2.09. The van der Waals surface area contributed by atoms with Crippen molar-refractivity contribution in [3.8, 4) is 5.75 Å². The maximum absolute atomic E-state index is 10.9. The third-order valence-corrected chi connectivity index (χ3v) is 1.95. The number of carbonyl (C=O) groups excluding carboxylic acids is 1. The number of hydrogen-bond acceptors (Lipinski definition) is 3. The highest BCUT2D eigenvalue weighted by Crippen LogP contribution is 2.24. The number of hydrogen-bond donors (Lipinski definition) is 1. The van der Waals surface area contributed by atoms with Crippen molar-refractivity contribution in [2.45, 2.75) is 20.3 Å². The summed E-state index contributed by atoms with van der Waals surface area (Å²) >= 11 is 0. The molecule has 0 unspecified atom stereocenters. The maximum atomic E-state index is 10.9. The lowest BCUT2D eigenvalue weighted by atomic mass is 10.1. The summed E-state index contributed by atoms with van der Waals surface area (Å²) in [6.45, 7) is 3.12. The smallest absolute Gasteiger partial charge is 0.339 e. The van der Waals surface area contributed by atoms with Crippen LogP contribution in [0.4, 0.5) is 0 Å². The van der Waals surface area contributed by atoms with Gasteiger partial charge in [-0.15, -0.1) is 0 Å². The first-order valence-electron chi connectivity index (χ1n) is 4.59. The van der Waals surface area contributed by atoms with E-state index in [0.717, 1.165) is 0 Å². The molecule has 0 spiro atoms. The van der Waals surface area contributed by atoms with Crippen molar-refractivity contribution >= 4 is 11.9 Å². The fraction of sp³-hybridized carbons (Fsp3) is 0.273. The van der Waals surface area contributed by atoms with Gasteiger partial charge in [0.1, 0.15) is 11.3 Å². The quantitative estimate of drug-likeness (QED) is 0.608. The molecule has 0 atom stereocenters. The number of esters is 1. The number of aromatic carboxylic acids is 1. The molecule has 0 fully saturated rings. The van der Waals surface area contributed by atoms with Crippen LogP contribution in [0, 0.1) is 0 Å². The molecule has 0 saturated heterocycles. The molecule has 0 aliphatic rings. The summed E-state index contributed by atoms with van der Waals surface area (Å²) in [6.07, 6.45) is 0.615. The van der Waals surface area contributed by atoms with Gasteiger partial charge in [0.05, 0.1) is 0 Å². The third-order valence-electron chi connectivity index (χ3n) is 1.95. The minimum atomic E-state index is -1.10. The number of aryl methyl sites for hydroxylation is 1. The molecule has 1 rings (SSSR count). The zero-order chi connectivity index (χ0) is 11.4. The second kappa shape index (κ2) is 4.59. The van der Waals surface area contributed by atoms with Crippen molar-refractivity contribution in [2.24, 2.45) is 0 Å². The van der Waals surface area contributed by atoms with Crippen molar-refractivity contribution in [3.05, 3.63) is 29.3 Å². The number of carboxylic acid groups (broad SMARTS) is 1. The van der Waals surface area contributed by atoms with E-state index in [9.17, 15) is 9.59 Å². The minimum absolute atomic E-state index is 0.0181. The van der Waals surface area contributed by atoms with E-state index >= 15 is 0 Å². The SMILES string of the molecule is CCc1cccc(C(=O)O)c1OC(C)=O. The summed E-state index contributed by atoms with van der Waals surface area (Å²) in [7, 11) is 0. The molecular weight excluding hydrogens is 196 g/mol. The zero-order valence-corrected chi connectivity index (χ0v) is 8.61. The molecule has 80 valence electrons. The monoisotopic (exact) mass is 208 g/mol. The van der Waals surface area contributed by atoms with E-state index in [1.807, 2.05) is 6.92 Å². The van der Waals surface area contributed by atoms with Crippen LogP contribution in [0.2, 0.25) is 0 Å². The first-order valence-corrected chi connectivity index (χ1v) is 4.59. The van der Waals surface area contributed by atoms with Crippen molar-refractivity contribution in [1.82, 2.24) is 0 Å². The van der Waals surface area contributed by atoms with Gasteiger partial charge in [-0.1, -0.05) is 19.1 Å². The van der Waals surface area contributed by atoms with Crippen LogP contribution < -0.4 is 4.74 Å². The van der Waals surface area contributed by atoms with Gasteiger partial charge in [-0.2, -0.15) is 0 Å². The molecule has 0 aliphatic heterocycles. The van der Waals surface area contributed by atoms with Gasteiger partial charge in [-0.3, -0.25) is 4.79 Å². The molecule has 15 heavy (non-hydrogen) atoms. The summed E-state index contributed by atoms with van der Waals surface area (Å²) in [5, 5.41) is 8.91. The van der Waals surface area contributed by atoms with E-state index in [2.05, 4.69) is 0 Å². The summed E-state index contributed by atoms with van der Waals surface area (Å²) in [5.41, 5.74) is 0.731. The summed E-state index contributed by atoms with van der Waals surface area (Å²) < 4.78 is 4.91. The van der Waals surface area contributed by atoms with Gasteiger partial charge < -0.3 is 9.84 Å². The molecule has 1 aromatic carbocycles. The largest absolute Gasteiger partial charge is 0.478 e. The molecule has 4 heteroatoms. The number of ether oxygens (including phenoxy) is 1. The maximum Gasteiger partial charge on any atom is 0.339 e. The zero-order valence-electron chi connectivity index (χ0n) is 8.61. The lowest BCUT2D eigenvalue weighted by Gasteiger charge is -2.09. The van der Waals surface area contributed by atoms with Crippen LogP contribution in [-0.4, -0.2) is 17.0 Å². The van der Waals surface area contributed by atoms with Crippen LogP contribution in [0.15, 0.2) is 18.2 Å². The average molecular weight is 208 g/mol. The fourth-order valence-corrected chi connectivity index (χ4v) is 1.30. The molecule has 0 aliphatic carbocycles. The van der Waals surface area contributed by atoms with Crippen LogP contribution in [0.3, 0.4) is 0 Å². The second-order valence-corrected chi connectivity index (χ2v) is 3.05. The highest BCUT2D eigenvalue weighted by molar-refractivity contribution is 5.92. The van der Waals surface area contributed by atoms with Gasteiger partial charge in [-0.25, -0.2) is 4.79 Å². The van der Waals surface area contributed by atoms with E-state index in [1.165, 1.54) is 13.0 Å². The summed E-state index contributed by atoms with van der Waals surface area (Å²) in [5.74, 6) is -1.46. The average Bonchev–Trinajstić information content (AvgIpc) is 2.16. The second-order valence-electron chi connectivity index (χ2n) is 3.05. The molecule has 1 N–H and O–H groups in total. The van der Waals surface area contributed by atoms with Crippen LogP contribution >= 0.6 is 0 Å². The fourth-order valence-electron chi connectivity index (χ4n) is 1.30. The highest BCUT2D eigenvalue weighted by Gasteiger charge is 2.15. The number of carboxylic acids is 1. The van der Waals surface area contributed by atoms with E-state index in [4.69, 9.17) is 9.84 Å². The van der Waals surface area contributed by atoms with Gasteiger partial charge in [0.15, 0.2) is 0 Å². The Morgan fingerprint density at radius 1 is 1.40 bits per heavy atom. The molecule has 0 amide bonds. The Hall–Kier alpha value is -1.84. The van der Waals surface area contributed by atoms with Crippen molar-refractivity contribution in [1.29, 1.82) is 0 Å². The van der Waals surface area contributed by atoms with Crippen molar-refractivity contribution in [2.75, 3.05) is 0 Å². The number of benzene rings is 1. The Labute approximate surface area is 87.5 Å². The Morgan fingerprint density at radius 2 is 2.07 bits per heavy atom. The normalized spacial score (nSPS) is 9.73. The lowest BCUT2D eigenvalue weighted by molar-refractivity contribution is -0.131. The Morgan fingerprint density at radius 3 is 2.53 bits per heavy atom. The van der Waals surface area contributed by atoms with Gasteiger partial charge in [0.25, 0.3) is 0 Å². The van der Waals surface area contributed by atoms with Gasteiger partial charge >= 0.3 is 11.9 Å². The van der Waals surface area contributed by atoms with E-state index in [0.29, 0.717) is 12.0 Å². The van der Waals surface area contributed by atoms with Crippen LogP contribution in [0.1, 0.15) is 29.8 Å². The number of rotatable bonds is 3. The number of carbonyl (C=O) groups is 2. The Balaban J connectivity index is 3.26. The predicted octanol–water partition coefficient (Wildman–Crippen LogP) is 1.87. The highest BCUT2D eigenvalue weighted by atomic mass is 16.5. The van der Waals surface area contributed by atoms with Crippen molar-refractivity contribution in [3.63, 3.8) is 0 Å². The predicted molar refractivity (Wildman–Crippen MR) is 54.1 cm³/mol. The van der Waals surface area contributed by atoms with E-state index in [1.54, 1.807) is 12.1 Å². The van der Waals surface area contributed by atoms with Crippen LogP contribution in [0.5, 0.6) is 5.75 Å². The minimum Gasteiger partial charge on any atom is -0.478 e. The van der Waals surface area contributed by atoms with Crippen LogP contribution in [-0.2, 0) is 11.2 Å². The van der Waals surface area contributed by atoms with Gasteiger partial charge in [-0.05, 0) is 18.1 Å². The molecule has 0 bridgehead atoms. The van der Waals surface area contributed by atoms with E-state index in [-0.39, 0.29) is 11.3 Å². The summed E-state index contributed by atoms with van der Waals surface area (Å²) in [6, 6.07) is 4.79. The van der Waals surface area contributed by atoms with Gasteiger partial charge in [0.2, 0.25) is 0 Å². The summed E-state index contributed by atoms with van der Waals surface area (Å²) in [4.78, 5) is 21.7. The Kier molecular flexibility index (Phi) is 3.44. The molecule has 1 aromatic rings. The molecule has 0 radical (unpaired) electrons. The first kappa shape index (κ1) is 11.2. The molecule has 0 heterocycles.